The average molecular weight is 556 g/mol. The van der Waals surface area contributed by atoms with Gasteiger partial charge in [-0.15, -0.1) is 0 Å². The lowest BCUT2D eigenvalue weighted by Gasteiger charge is -2.10. The van der Waals surface area contributed by atoms with Gasteiger partial charge in [-0.1, -0.05) is 33.4 Å². The summed E-state index contributed by atoms with van der Waals surface area (Å²) in [7, 11) is 0. The second-order valence-electron chi connectivity index (χ2n) is 8.19. The number of rotatable bonds is 8. The molecule has 0 saturated heterocycles. The molecule has 0 aliphatic carbocycles. The second kappa shape index (κ2) is 15.5. The van der Waals surface area contributed by atoms with E-state index in [4.69, 9.17) is 10.8 Å². The van der Waals surface area contributed by atoms with E-state index >= 15 is 0 Å². The maximum absolute atomic E-state index is 10.9. The Labute approximate surface area is 240 Å². The Morgan fingerprint density at radius 2 is 1.34 bits per heavy atom. The Kier molecular flexibility index (Phi) is 10.9. The van der Waals surface area contributed by atoms with Gasteiger partial charge in [0, 0.05) is 42.8 Å². The van der Waals surface area contributed by atoms with Crippen LogP contribution in [0.15, 0.2) is 98.6 Å². The maximum atomic E-state index is 10.9. The molecule has 0 unspecified atom stereocenters. The van der Waals surface area contributed by atoms with Crippen LogP contribution in [0.2, 0.25) is 0 Å². The fraction of sp³-hybridized carbons (Fsp3) is 0.194. The fourth-order valence-electron chi connectivity index (χ4n) is 3.85. The molecule has 0 bridgehead atoms. The number of aromatic nitrogens is 6. The lowest BCUT2D eigenvalue weighted by atomic mass is 10.2. The summed E-state index contributed by atoms with van der Waals surface area (Å²) in [5, 5.41) is 9.23. The van der Waals surface area contributed by atoms with Gasteiger partial charge in [0.25, 0.3) is 0 Å². The fourth-order valence-corrected chi connectivity index (χ4v) is 3.85. The normalized spacial score (nSPS) is 10.3. The summed E-state index contributed by atoms with van der Waals surface area (Å²) < 4.78 is 21.5. The summed E-state index contributed by atoms with van der Waals surface area (Å²) in [4.78, 5) is 27.0. The van der Waals surface area contributed by atoms with Crippen LogP contribution in [0.1, 0.15) is 49.7 Å². The molecule has 1 N–H and O–H groups in total. The van der Waals surface area contributed by atoms with Gasteiger partial charge in [-0.25, -0.2) is 9.97 Å². The number of ether oxygens (including phenoxy) is 2. The maximum Gasteiger partial charge on any atom is 0.153 e. The Morgan fingerprint density at radius 3 is 1.90 bits per heavy atom. The first-order chi connectivity index (χ1) is 20.2. The summed E-state index contributed by atoms with van der Waals surface area (Å²) in [6, 6.07) is 11.2. The first kappa shape index (κ1) is 28.9. The van der Waals surface area contributed by atoms with Crippen LogP contribution in [0.4, 0.5) is 0 Å². The van der Waals surface area contributed by atoms with Gasteiger partial charge < -0.3 is 23.4 Å². The van der Waals surface area contributed by atoms with Crippen molar-refractivity contribution in [3.63, 3.8) is 0 Å². The van der Waals surface area contributed by atoms with Gasteiger partial charge in [0.2, 0.25) is 0 Å². The zero-order valence-corrected chi connectivity index (χ0v) is 22.0. The molecule has 10 nitrogen and oxygen atoms in total. The van der Waals surface area contributed by atoms with Crippen LogP contribution in [0.5, 0.6) is 11.5 Å². The third-order valence-corrected chi connectivity index (χ3v) is 5.83. The second-order valence-corrected chi connectivity index (χ2v) is 8.19. The number of aliphatic hydroxyl groups is 1. The van der Waals surface area contributed by atoms with Gasteiger partial charge in [-0.3, -0.25) is 14.8 Å². The van der Waals surface area contributed by atoms with E-state index in [1.54, 1.807) is 68.9 Å². The third-order valence-electron chi connectivity index (χ3n) is 5.83. The number of nitrogens with zero attached hydrogens (tertiary/aromatic N) is 6. The molecule has 0 aromatic carbocycles. The van der Waals surface area contributed by atoms with Crippen molar-refractivity contribution in [1.29, 1.82) is 0 Å². The van der Waals surface area contributed by atoms with E-state index in [1.165, 1.54) is 0 Å². The predicted octanol–water partition coefficient (Wildman–Crippen LogP) is 5.58. The Balaban J connectivity index is 0.000000207. The topological polar surface area (TPSA) is 116 Å². The molecule has 0 radical (unpaired) electrons. The van der Waals surface area contributed by atoms with Crippen LogP contribution in [-0.2, 0) is 19.8 Å². The Morgan fingerprint density at radius 1 is 0.805 bits per heavy atom. The standard InChI is InChI=1S/C14H13N3O2.C14H11N3O2.C2H6.CH4/c2*18-8-11-3-4-15-7-14(11)19-9-12-2-1-5-17-10-16-6-13(12)17;1-2;/h1-7,10,18H,8-9H2;1-8,10H,9H2;1-2H3;1H4/i;;1D;. The minimum Gasteiger partial charge on any atom is -0.487 e. The van der Waals surface area contributed by atoms with Crippen LogP contribution in [0.3, 0.4) is 0 Å². The number of hydrogen-bond acceptors (Lipinski definition) is 8. The number of carbonyl (C=O) groups excluding carboxylic acids is 1. The monoisotopic (exact) mass is 555 g/mol. The first-order valence-electron chi connectivity index (χ1n) is 13.2. The Hall–Kier alpha value is -5.09. The molecule has 41 heavy (non-hydrogen) atoms. The molecule has 0 aliphatic heterocycles. The summed E-state index contributed by atoms with van der Waals surface area (Å²) in [6.07, 6.45) is 18.0. The van der Waals surface area contributed by atoms with Crippen molar-refractivity contribution in [2.75, 3.05) is 0 Å². The van der Waals surface area contributed by atoms with Crippen molar-refractivity contribution in [3.05, 3.63) is 121 Å². The van der Waals surface area contributed by atoms with E-state index in [2.05, 4.69) is 19.9 Å². The highest BCUT2D eigenvalue weighted by Gasteiger charge is 2.07. The summed E-state index contributed by atoms with van der Waals surface area (Å²) >= 11 is 0. The lowest BCUT2D eigenvalue weighted by Crippen LogP contribution is -2.00. The highest BCUT2D eigenvalue weighted by atomic mass is 16.5. The van der Waals surface area contributed by atoms with E-state index in [1.807, 2.05) is 45.5 Å². The molecule has 0 aliphatic rings. The molecule has 6 rings (SSSR count). The van der Waals surface area contributed by atoms with Gasteiger partial charge in [-0.05, 0) is 24.3 Å². The molecular weight excluding hydrogens is 520 g/mol. The van der Waals surface area contributed by atoms with Gasteiger partial charge in [0.05, 0.1) is 60.6 Å². The van der Waals surface area contributed by atoms with Gasteiger partial charge in [0.15, 0.2) is 6.29 Å². The molecule has 6 heterocycles. The average Bonchev–Trinajstić information content (AvgIpc) is 3.70. The van der Waals surface area contributed by atoms with E-state index in [0.717, 1.165) is 34.0 Å². The van der Waals surface area contributed by atoms with E-state index < -0.39 is 0 Å². The Bertz CT molecular complexity index is 1690. The van der Waals surface area contributed by atoms with Gasteiger partial charge in [-0.2, -0.15) is 0 Å². The minimum absolute atomic E-state index is 0. The zero-order valence-electron chi connectivity index (χ0n) is 23.0. The third kappa shape index (κ3) is 7.52. The highest BCUT2D eigenvalue weighted by Crippen LogP contribution is 2.20. The molecule has 212 valence electrons. The SMILES string of the molecule is C.O=Cc1ccncc1OCc1cccn2cncc12.OCc1ccncc1OCc1cccn2cncc12.[2H]CC. The van der Waals surface area contributed by atoms with Crippen molar-refractivity contribution in [3.8, 4) is 11.5 Å². The van der Waals surface area contributed by atoms with Crippen molar-refractivity contribution < 1.29 is 20.7 Å². The van der Waals surface area contributed by atoms with E-state index in [-0.39, 0.29) is 14.0 Å². The number of pyridine rings is 4. The quantitative estimate of drug-likeness (QED) is 0.242. The first-order valence-corrected chi connectivity index (χ1v) is 12.4. The number of aldehydes is 1. The molecule has 0 saturated carbocycles. The van der Waals surface area contributed by atoms with Crippen molar-refractivity contribution >= 4 is 17.3 Å². The molecule has 0 amide bonds. The van der Waals surface area contributed by atoms with Crippen LogP contribution in [0, 0.1) is 0 Å². The van der Waals surface area contributed by atoms with Crippen LogP contribution in [0.25, 0.3) is 11.0 Å². The molecular formula is C31H34N6O4. The van der Waals surface area contributed by atoms with Gasteiger partial charge >= 0.3 is 0 Å². The molecule has 6 aromatic rings. The number of fused-ring (bicyclic) bond motifs is 2. The number of aliphatic hydroxyl groups excluding tert-OH is 1. The summed E-state index contributed by atoms with van der Waals surface area (Å²) in [5.74, 6) is 1.09. The minimum atomic E-state index is -0.0608. The number of carbonyl (C=O) groups is 1. The molecule has 0 atom stereocenters. The number of hydrogen-bond donors (Lipinski definition) is 1. The molecule has 6 aromatic heterocycles. The smallest absolute Gasteiger partial charge is 0.153 e. The largest absolute Gasteiger partial charge is 0.487 e. The summed E-state index contributed by atoms with van der Waals surface area (Å²) in [6.45, 7) is 3.01. The van der Waals surface area contributed by atoms with E-state index in [9.17, 15) is 9.90 Å². The van der Waals surface area contributed by atoms with Crippen molar-refractivity contribution in [1.82, 2.24) is 28.7 Å². The lowest BCUT2D eigenvalue weighted by molar-refractivity contribution is 0.111. The molecule has 10 heteroatoms. The molecule has 0 fully saturated rings. The number of imidazole rings is 2. The van der Waals surface area contributed by atoms with Crippen LogP contribution in [-0.4, -0.2) is 40.1 Å². The van der Waals surface area contributed by atoms with Crippen molar-refractivity contribution in [2.45, 2.75) is 41.1 Å². The van der Waals surface area contributed by atoms with Crippen LogP contribution < -0.4 is 9.47 Å². The van der Waals surface area contributed by atoms with E-state index in [0.29, 0.717) is 37.2 Å². The highest BCUT2D eigenvalue weighted by molar-refractivity contribution is 5.78. The molecule has 0 spiro atoms. The van der Waals surface area contributed by atoms with Crippen molar-refractivity contribution in [2.24, 2.45) is 0 Å². The van der Waals surface area contributed by atoms with Crippen LogP contribution >= 0.6 is 0 Å². The summed E-state index contributed by atoms with van der Waals surface area (Å²) in [5.41, 5.74) is 5.26. The van der Waals surface area contributed by atoms with Gasteiger partial charge in [0.1, 0.15) is 24.7 Å². The predicted molar refractivity (Wildman–Crippen MR) is 157 cm³/mol. The zero-order chi connectivity index (χ0) is 28.9.